The number of rotatable bonds is 7. The van der Waals surface area contributed by atoms with Crippen molar-refractivity contribution in [2.45, 2.75) is 0 Å². The molecule has 0 fully saturated rings. The van der Waals surface area contributed by atoms with Crippen LogP contribution in [0.2, 0.25) is 0 Å². The zero-order chi connectivity index (χ0) is 20.3. The molecule has 1 aromatic heterocycles. The van der Waals surface area contributed by atoms with E-state index in [1.165, 1.54) is 24.5 Å². The van der Waals surface area contributed by atoms with Crippen LogP contribution in [0.15, 0.2) is 30.3 Å². The van der Waals surface area contributed by atoms with E-state index in [0.29, 0.717) is 33.6 Å². The van der Waals surface area contributed by atoms with Gasteiger partial charge in [0.15, 0.2) is 28.2 Å². The lowest BCUT2D eigenvalue weighted by atomic mass is 10.1. The molecule has 1 heterocycles. The van der Waals surface area contributed by atoms with E-state index in [1.54, 1.807) is 40.5 Å². The molecule has 1 N–H and O–H groups in total. The van der Waals surface area contributed by atoms with Crippen LogP contribution in [0.1, 0.15) is 0 Å². The van der Waals surface area contributed by atoms with Crippen molar-refractivity contribution < 1.29 is 23.3 Å². The third kappa shape index (κ3) is 3.55. The second-order valence-corrected chi connectivity index (χ2v) is 6.71. The molecule has 0 aliphatic heterocycles. The van der Waals surface area contributed by atoms with Gasteiger partial charge in [0, 0.05) is 12.6 Å². The number of thiazole rings is 1. The van der Waals surface area contributed by atoms with E-state index in [-0.39, 0.29) is 5.75 Å². The van der Waals surface area contributed by atoms with Crippen molar-refractivity contribution >= 4 is 16.5 Å². The van der Waals surface area contributed by atoms with Crippen molar-refractivity contribution in [2.24, 2.45) is 0 Å². The molecule has 3 aromatic rings. The molecular formula is C20H21FN2O4S. The van der Waals surface area contributed by atoms with Crippen molar-refractivity contribution in [2.75, 3.05) is 40.8 Å². The van der Waals surface area contributed by atoms with Crippen LogP contribution in [0.3, 0.4) is 0 Å². The average molecular weight is 404 g/mol. The molecular weight excluding hydrogens is 383 g/mol. The maximum absolute atomic E-state index is 14.3. The Kier molecular flexibility index (Phi) is 5.89. The molecule has 148 valence electrons. The summed E-state index contributed by atoms with van der Waals surface area (Å²) < 4.78 is 35.6. The zero-order valence-corrected chi connectivity index (χ0v) is 17.1. The summed E-state index contributed by atoms with van der Waals surface area (Å²) in [5, 5.41) is 3.75. The topological polar surface area (TPSA) is 61.8 Å². The highest BCUT2D eigenvalue weighted by atomic mass is 32.1. The first-order valence-corrected chi connectivity index (χ1v) is 9.20. The summed E-state index contributed by atoms with van der Waals surface area (Å²) in [5.74, 6) is 1.28. The molecule has 0 aliphatic carbocycles. The van der Waals surface area contributed by atoms with Gasteiger partial charge < -0.3 is 24.3 Å². The van der Waals surface area contributed by atoms with Crippen molar-refractivity contribution in [3.63, 3.8) is 0 Å². The van der Waals surface area contributed by atoms with Crippen molar-refractivity contribution in [1.82, 2.24) is 4.98 Å². The summed E-state index contributed by atoms with van der Waals surface area (Å²) in [7, 11) is 7.89. The van der Waals surface area contributed by atoms with Crippen LogP contribution in [-0.4, -0.2) is 40.5 Å². The number of ether oxygens (including phenoxy) is 4. The molecule has 0 aliphatic rings. The first-order valence-electron chi connectivity index (χ1n) is 8.39. The van der Waals surface area contributed by atoms with Gasteiger partial charge >= 0.3 is 0 Å². The summed E-state index contributed by atoms with van der Waals surface area (Å²) in [6.07, 6.45) is 0. The predicted molar refractivity (Wildman–Crippen MR) is 109 cm³/mol. The fourth-order valence-corrected chi connectivity index (χ4v) is 3.78. The van der Waals surface area contributed by atoms with E-state index in [1.807, 2.05) is 12.1 Å². The third-order valence-corrected chi connectivity index (χ3v) is 5.32. The highest BCUT2D eigenvalue weighted by Gasteiger charge is 2.20. The van der Waals surface area contributed by atoms with E-state index < -0.39 is 5.82 Å². The molecule has 0 radical (unpaired) electrons. The quantitative estimate of drug-likeness (QED) is 0.616. The number of aromatic nitrogens is 1. The Morgan fingerprint density at radius 2 is 1.50 bits per heavy atom. The van der Waals surface area contributed by atoms with Crippen LogP contribution in [0.25, 0.3) is 21.7 Å². The van der Waals surface area contributed by atoms with Crippen LogP contribution < -0.4 is 24.3 Å². The predicted octanol–water partition coefficient (Wildman–Crippen LogP) is 4.69. The number of halogens is 1. The second kappa shape index (κ2) is 8.35. The van der Waals surface area contributed by atoms with Gasteiger partial charge in [-0.25, -0.2) is 9.37 Å². The molecule has 0 unspecified atom stereocenters. The number of anilines is 1. The molecule has 0 saturated carbocycles. The minimum absolute atomic E-state index is 0.191. The fraction of sp³-hybridized carbons (Fsp3) is 0.250. The lowest BCUT2D eigenvalue weighted by molar-refractivity contribution is 0.324. The van der Waals surface area contributed by atoms with E-state index in [2.05, 4.69) is 10.3 Å². The van der Waals surface area contributed by atoms with Gasteiger partial charge in [0.05, 0.1) is 39.0 Å². The minimum Gasteiger partial charge on any atom is -0.494 e. The summed E-state index contributed by atoms with van der Waals surface area (Å²) >= 11 is 1.42. The maximum Gasteiger partial charge on any atom is 0.203 e. The van der Waals surface area contributed by atoms with Gasteiger partial charge in [-0.3, -0.25) is 0 Å². The Balaban J connectivity index is 2.20. The van der Waals surface area contributed by atoms with E-state index in [0.717, 1.165) is 10.4 Å². The lowest BCUT2D eigenvalue weighted by Gasteiger charge is -2.14. The van der Waals surface area contributed by atoms with Gasteiger partial charge in [-0.2, -0.15) is 0 Å². The van der Waals surface area contributed by atoms with Crippen LogP contribution >= 0.6 is 11.3 Å². The summed E-state index contributed by atoms with van der Waals surface area (Å²) in [4.78, 5) is 5.46. The van der Waals surface area contributed by atoms with Gasteiger partial charge in [0.25, 0.3) is 0 Å². The number of nitrogens with one attached hydrogen (secondary N) is 1. The standard InChI is InChI=1S/C20H21FN2O4S/c1-22-20-23-17(12-9-15(25-3)18(27-5)16(10-12)26-4)19(28-20)11-6-7-14(24-2)13(21)8-11/h6-10H,1-5H3,(H,22,23). The summed E-state index contributed by atoms with van der Waals surface area (Å²) in [5.41, 5.74) is 2.14. The molecule has 28 heavy (non-hydrogen) atoms. The van der Waals surface area contributed by atoms with Crippen molar-refractivity contribution in [3.05, 3.63) is 36.1 Å². The van der Waals surface area contributed by atoms with E-state index in [4.69, 9.17) is 18.9 Å². The smallest absolute Gasteiger partial charge is 0.203 e. The zero-order valence-electron chi connectivity index (χ0n) is 16.3. The molecule has 8 heteroatoms. The van der Waals surface area contributed by atoms with Gasteiger partial charge in [-0.05, 0) is 35.9 Å². The number of methoxy groups -OCH3 is 4. The SMILES string of the molecule is CNc1nc(-c2cc(OC)c(OC)c(OC)c2)c(-c2ccc(OC)c(F)c2)s1. The highest BCUT2D eigenvalue weighted by molar-refractivity contribution is 7.19. The molecule has 0 saturated heterocycles. The highest BCUT2D eigenvalue weighted by Crippen LogP contribution is 2.45. The Labute approximate surface area is 166 Å². The van der Waals surface area contributed by atoms with Crippen LogP contribution in [0.4, 0.5) is 9.52 Å². The number of hydrogen-bond acceptors (Lipinski definition) is 7. The lowest BCUT2D eigenvalue weighted by Crippen LogP contribution is -1.96. The average Bonchev–Trinajstić information content (AvgIpc) is 3.17. The van der Waals surface area contributed by atoms with E-state index in [9.17, 15) is 4.39 Å². The first kappa shape index (κ1) is 19.8. The van der Waals surface area contributed by atoms with Gasteiger partial charge in [0.1, 0.15) is 0 Å². The van der Waals surface area contributed by atoms with Gasteiger partial charge in [0.2, 0.25) is 5.75 Å². The molecule has 0 atom stereocenters. The van der Waals surface area contributed by atoms with Crippen molar-refractivity contribution in [3.8, 4) is 44.7 Å². The number of benzene rings is 2. The molecule has 2 aromatic carbocycles. The van der Waals surface area contributed by atoms with Crippen LogP contribution in [0.5, 0.6) is 23.0 Å². The molecule has 3 rings (SSSR count). The summed E-state index contributed by atoms with van der Waals surface area (Å²) in [6, 6.07) is 8.48. The van der Waals surface area contributed by atoms with Crippen LogP contribution in [0, 0.1) is 5.82 Å². The number of hydrogen-bond donors (Lipinski definition) is 1. The Morgan fingerprint density at radius 1 is 0.857 bits per heavy atom. The Morgan fingerprint density at radius 3 is 2.00 bits per heavy atom. The monoisotopic (exact) mass is 404 g/mol. The molecule has 0 bridgehead atoms. The maximum atomic E-state index is 14.3. The first-order chi connectivity index (χ1) is 13.6. The fourth-order valence-electron chi connectivity index (χ4n) is 2.84. The largest absolute Gasteiger partial charge is 0.494 e. The minimum atomic E-state index is -0.435. The second-order valence-electron chi connectivity index (χ2n) is 5.71. The Hall–Kier alpha value is -3.00. The number of nitrogens with zero attached hydrogens (tertiary/aromatic N) is 1. The van der Waals surface area contributed by atoms with Gasteiger partial charge in [-0.15, -0.1) is 0 Å². The van der Waals surface area contributed by atoms with Crippen molar-refractivity contribution in [1.29, 1.82) is 0 Å². The third-order valence-electron chi connectivity index (χ3n) is 4.19. The molecule has 6 nitrogen and oxygen atoms in total. The molecule has 0 spiro atoms. The Bertz CT molecular complexity index is 965. The normalized spacial score (nSPS) is 10.5. The van der Waals surface area contributed by atoms with Gasteiger partial charge in [-0.1, -0.05) is 11.3 Å². The van der Waals surface area contributed by atoms with Crippen LogP contribution in [-0.2, 0) is 0 Å². The molecule has 0 amide bonds. The summed E-state index contributed by atoms with van der Waals surface area (Å²) in [6.45, 7) is 0. The van der Waals surface area contributed by atoms with E-state index >= 15 is 0 Å².